The van der Waals surface area contributed by atoms with Crippen molar-refractivity contribution in [2.24, 2.45) is 0 Å². The Bertz CT molecular complexity index is 782. The maximum absolute atomic E-state index is 12.5. The highest BCUT2D eigenvalue weighted by Crippen LogP contribution is 2.29. The zero-order valence-electron chi connectivity index (χ0n) is 11.4. The summed E-state index contributed by atoms with van der Waals surface area (Å²) in [6.45, 7) is 3.70. The highest BCUT2D eigenvalue weighted by molar-refractivity contribution is 9.10. The lowest BCUT2D eigenvalue weighted by atomic mass is 10.1. The average Bonchev–Trinajstić information content (AvgIpc) is 2.33. The van der Waals surface area contributed by atoms with Crippen LogP contribution in [0.25, 0.3) is 0 Å². The van der Waals surface area contributed by atoms with Gasteiger partial charge in [0.1, 0.15) is 4.90 Å². The Morgan fingerprint density at radius 1 is 1.00 bits per heavy atom. The van der Waals surface area contributed by atoms with Gasteiger partial charge < -0.3 is 5.73 Å². The molecule has 0 spiro atoms. The highest BCUT2D eigenvalue weighted by Gasteiger charge is 2.19. The molecule has 0 radical (unpaired) electrons. The molecule has 0 aliphatic rings. The second kappa shape index (κ2) is 5.98. The number of benzene rings is 2. The molecule has 0 heterocycles. The SMILES string of the molecule is Cc1cc(Br)cc(C)c1NS(=O)(=O)c1ccc(Br)cc1N. The van der Waals surface area contributed by atoms with E-state index in [9.17, 15) is 8.42 Å². The minimum Gasteiger partial charge on any atom is -0.398 e. The number of nitrogens with two attached hydrogens (primary N) is 1. The fourth-order valence-electron chi connectivity index (χ4n) is 2.03. The summed E-state index contributed by atoms with van der Waals surface area (Å²) in [5, 5.41) is 0. The minimum atomic E-state index is -3.73. The van der Waals surface area contributed by atoms with Crippen molar-refractivity contribution in [3.8, 4) is 0 Å². The molecule has 3 N–H and O–H groups in total. The first-order valence-corrected chi connectivity index (χ1v) is 9.12. The van der Waals surface area contributed by atoms with Crippen LogP contribution in [-0.4, -0.2) is 8.42 Å². The molecule has 4 nitrogen and oxygen atoms in total. The van der Waals surface area contributed by atoms with Crippen LogP contribution in [0.1, 0.15) is 11.1 Å². The van der Waals surface area contributed by atoms with Gasteiger partial charge in [0.25, 0.3) is 10.0 Å². The third-order valence-corrected chi connectivity index (χ3v) is 5.37. The normalized spacial score (nSPS) is 11.4. The minimum absolute atomic E-state index is 0.0624. The Hall–Kier alpha value is -1.05. The second-order valence-corrected chi connectivity index (χ2v) is 8.18. The van der Waals surface area contributed by atoms with Crippen molar-refractivity contribution in [3.05, 3.63) is 50.4 Å². The predicted octanol–water partition coefficient (Wildman–Crippen LogP) is 4.21. The van der Waals surface area contributed by atoms with Gasteiger partial charge in [-0.3, -0.25) is 4.72 Å². The fraction of sp³-hybridized carbons (Fsp3) is 0.143. The zero-order chi connectivity index (χ0) is 15.8. The van der Waals surface area contributed by atoms with Gasteiger partial charge in [0.2, 0.25) is 0 Å². The lowest BCUT2D eigenvalue weighted by molar-refractivity contribution is 0.601. The first kappa shape index (κ1) is 16.3. The van der Waals surface area contributed by atoms with Crippen molar-refractivity contribution in [2.45, 2.75) is 18.7 Å². The number of aryl methyl sites for hydroxylation is 2. The largest absolute Gasteiger partial charge is 0.398 e. The molecule has 0 saturated heterocycles. The quantitative estimate of drug-likeness (QED) is 0.712. The zero-order valence-corrected chi connectivity index (χ0v) is 15.4. The van der Waals surface area contributed by atoms with Gasteiger partial charge in [-0.05, 0) is 55.3 Å². The fourth-order valence-corrected chi connectivity index (χ4v) is 4.41. The molecule has 2 aromatic rings. The molecule has 112 valence electrons. The first-order chi connectivity index (χ1) is 9.70. The highest BCUT2D eigenvalue weighted by atomic mass is 79.9. The van der Waals surface area contributed by atoms with Gasteiger partial charge in [0.15, 0.2) is 0 Å². The summed E-state index contributed by atoms with van der Waals surface area (Å²) >= 11 is 6.65. The van der Waals surface area contributed by atoms with Crippen molar-refractivity contribution >= 4 is 53.3 Å². The van der Waals surface area contributed by atoms with E-state index in [0.717, 1.165) is 20.1 Å². The van der Waals surface area contributed by atoms with E-state index >= 15 is 0 Å². The molecule has 0 aromatic heterocycles. The molecule has 0 aliphatic carbocycles. The summed E-state index contributed by atoms with van der Waals surface area (Å²) in [6.07, 6.45) is 0. The molecular weight excluding hydrogens is 420 g/mol. The summed E-state index contributed by atoms with van der Waals surface area (Å²) in [5.41, 5.74) is 8.24. The van der Waals surface area contributed by atoms with E-state index in [2.05, 4.69) is 36.6 Å². The second-order valence-electron chi connectivity index (χ2n) is 4.70. The van der Waals surface area contributed by atoms with Crippen LogP contribution in [0.5, 0.6) is 0 Å². The van der Waals surface area contributed by atoms with Crippen molar-refractivity contribution in [1.29, 1.82) is 0 Å². The van der Waals surface area contributed by atoms with Gasteiger partial charge >= 0.3 is 0 Å². The maximum atomic E-state index is 12.5. The van der Waals surface area contributed by atoms with Crippen molar-refractivity contribution in [2.75, 3.05) is 10.5 Å². The number of halogens is 2. The van der Waals surface area contributed by atoms with Gasteiger partial charge in [-0.25, -0.2) is 8.42 Å². The Balaban J connectivity index is 2.47. The Kier molecular flexibility index (Phi) is 4.65. The Morgan fingerprint density at radius 3 is 2.10 bits per heavy atom. The molecule has 7 heteroatoms. The van der Waals surface area contributed by atoms with Gasteiger partial charge in [0.05, 0.1) is 11.4 Å². The Morgan fingerprint density at radius 2 is 1.57 bits per heavy atom. The molecular formula is C14H14Br2N2O2S. The van der Waals surface area contributed by atoms with Gasteiger partial charge in [-0.1, -0.05) is 31.9 Å². The Labute approximate surface area is 141 Å². The van der Waals surface area contributed by atoms with Crippen molar-refractivity contribution < 1.29 is 8.42 Å². The number of sulfonamides is 1. The van der Waals surface area contributed by atoms with E-state index < -0.39 is 10.0 Å². The van der Waals surface area contributed by atoms with Crippen LogP contribution in [0.15, 0.2) is 44.2 Å². The topological polar surface area (TPSA) is 72.2 Å². The predicted molar refractivity (Wildman–Crippen MR) is 93.0 cm³/mol. The molecule has 0 amide bonds. The summed E-state index contributed by atoms with van der Waals surface area (Å²) in [5.74, 6) is 0. The molecule has 0 fully saturated rings. The summed E-state index contributed by atoms with van der Waals surface area (Å²) in [6, 6.07) is 8.40. The molecule has 0 unspecified atom stereocenters. The van der Waals surface area contributed by atoms with E-state index in [4.69, 9.17) is 5.73 Å². The number of hydrogen-bond donors (Lipinski definition) is 2. The average molecular weight is 434 g/mol. The van der Waals surface area contributed by atoms with E-state index in [1.54, 1.807) is 12.1 Å². The van der Waals surface area contributed by atoms with Gasteiger partial charge in [0, 0.05) is 8.95 Å². The van der Waals surface area contributed by atoms with Crippen LogP contribution in [0.3, 0.4) is 0 Å². The lowest BCUT2D eigenvalue weighted by Crippen LogP contribution is -2.16. The maximum Gasteiger partial charge on any atom is 0.263 e. The first-order valence-electron chi connectivity index (χ1n) is 6.05. The lowest BCUT2D eigenvalue weighted by Gasteiger charge is -2.15. The standard InChI is InChI=1S/C14H14Br2N2O2S/c1-8-5-11(16)6-9(2)14(8)18-21(19,20)13-4-3-10(15)7-12(13)17/h3-7,18H,17H2,1-2H3. The van der Waals surface area contributed by atoms with Crippen LogP contribution < -0.4 is 10.5 Å². The number of hydrogen-bond acceptors (Lipinski definition) is 3. The van der Waals surface area contributed by atoms with E-state index in [1.165, 1.54) is 6.07 Å². The van der Waals surface area contributed by atoms with Crippen molar-refractivity contribution in [3.63, 3.8) is 0 Å². The van der Waals surface area contributed by atoms with E-state index in [0.29, 0.717) is 5.69 Å². The number of anilines is 2. The molecule has 0 atom stereocenters. The molecule has 2 rings (SSSR count). The number of rotatable bonds is 3. The van der Waals surface area contributed by atoms with E-state index in [1.807, 2.05) is 26.0 Å². The molecule has 0 bridgehead atoms. The van der Waals surface area contributed by atoms with Crippen LogP contribution in [0.4, 0.5) is 11.4 Å². The molecule has 2 aromatic carbocycles. The summed E-state index contributed by atoms with van der Waals surface area (Å²) in [7, 11) is -3.73. The smallest absolute Gasteiger partial charge is 0.263 e. The van der Waals surface area contributed by atoms with Crippen LogP contribution in [-0.2, 0) is 10.0 Å². The van der Waals surface area contributed by atoms with Crippen LogP contribution >= 0.6 is 31.9 Å². The number of nitrogens with one attached hydrogen (secondary N) is 1. The van der Waals surface area contributed by atoms with E-state index in [-0.39, 0.29) is 10.6 Å². The summed E-state index contributed by atoms with van der Waals surface area (Å²) in [4.78, 5) is 0.0624. The number of nitrogen functional groups attached to an aromatic ring is 1. The third-order valence-electron chi connectivity index (χ3n) is 3.00. The van der Waals surface area contributed by atoms with Crippen LogP contribution in [0, 0.1) is 13.8 Å². The third kappa shape index (κ3) is 3.59. The molecule has 0 saturated carbocycles. The van der Waals surface area contributed by atoms with Crippen molar-refractivity contribution in [1.82, 2.24) is 0 Å². The molecule has 21 heavy (non-hydrogen) atoms. The monoisotopic (exact) mass is 432 g/mol. The molecule has 0 aliphatic heterocycles. The van der Waals surface area contributed by atoms with Gasteiger partial charge in [-0.15, -0.1) is 0 Å². The van der Waals surface area contributed by atoms with Crippen LogP contribution in [0.2, 0.25) is 0 Å². The van der Waals surface area contributed by atoms with Gasteiger partial charge in [-0.2, -0.15) is 0 Å². The summed E-state index contributed by atoms with van der Waals surface area (Å²) < 4.78 is 29.3.